The summed E-state index contributed by atoms with van der Waals surface area (Å²) in [7, 11) is 1.66. The monoisotopic (exact) mass is 355 g/mol. The second kappa shape index (κ2) is 8.56. The Morgan fingerprint density at radius 2 is 1.92 bits per heavy atom. The summed E-state index contributed by atoms with van der Waals surface area (Å²) in [4.78, 5) is 0. The molecule has 26 heavy (non-hydrogen) atoms. The molecule has 1 fully saturated rings. The maximum Gasteiger partial charge on any atom is 0.122 e. The van der Waals surface area contributed by atoms with Gasteiger partial charge in [0.2, 0.25) is 0 Å². The van der Waals surface area contributed by atoms with Crippen LogP contribution in [0.15, 0.2) is 48.5 Å². The molecule has 2 atom stereocenters. The van der Waals surface area contributed by atoms with Gasteiger partial charge in [0.25, 0.3) is 0 Å². The SMILES string of the molecule is COc1cccc(OCCCc2ccc([C@@H]3CC[C@@](N)(CO)C3)cc2)c1. The summed E-state index contributed by atoms with van der Waals surface area (Å²) in [5.41, 5.74) is 8.46. The first-order valence-electron chi connectivity index (χ1n) is 9.37. The average Bonchev–Trinajstić information content (AvgIpc) is 3.09. The van der Waals surface area contributed by atoms with E-state index in [9.17, 15) is 5.11 Å². The number of hydrogen-bond acceptors (Lipinski definition) is 4. The van der Waals surface area contributed by atoms with Crippen molar-refractivity contribution in [2.24, 2.45) is 5.73 Å². The van der Waals surface area contributed by atoms with Crippen LogP contribution in [0.4, 0.5) is 0 Å². The Morgan fingerprint density at radius 1 is 1.15 bits per heavy atom. The van der Waals surface area contributed by atoms with E-state index in [0.29, 0.717) is 12.5 Å². The van der Waals surface area contributed by atoms with Crippen LogP contribution >= 0.6 is 0 Å². The Morgan fingerprint density at radius 3 is 2.62 bits per heavy atom. The Bertz CT molecular complexity index is 701. The number of methoxy groups -OCH3 is 1. The van der Waals surface area contributed by atoms with Gasteiger partial charge in [-0.3, -0.25) is 0 Å². The van der Waals surface area contributed by atoms with E-state index in [1.54, 1.807) is 7.11 Å². The highest BCUT2D eigenvalue weighted by molar-refractivity contribution is 5.32. The summed E-state index contributed by atoms with van der Waals surface area (Å²) in [5.74, 6) is 2.13. The molecule has 1 aliphatic rings. The number of aliphatic hydroxyl groups excluding tert-OH is 1. The van der Waals surface area contributed by atoms with Gasteiger partial charge < -0.3 is 20.3 Å². The van der Waals surface area contributed by atoms with Crippen LogP contribution in [0, 0.1) is 0 Å². The average molecular weight is 355 g/mol. The van der Waals surface area contributed by atoms with Gasteiger partial charge in [-0.25, -0.2) is 0 Å². The molecule has 140 valence electrons. The lowest BCUT2D eigenvalue weighted by Gasteiger charge is -2.21. The van der Waals surface area contributed by atoms with Crippen LogP contribution < -0.4 is 15.2 Å². The number of ether oxygens (including phenoxy) is 2. The molecule has 3 rings (SSSR count). The maximum atomic E-state index is 9.42. The van der Waals surface area contributed by atoms with Gasteiger partial charge in [0.15, 0.2) is 0 Å². The van der Waals surface area contributed by atoms with E-state index >= 15 is 0 Å². The number of aliphatic hydroxyl groups is 1. The van der Waals surface area contributed by atoms with Crippen LogP contribution in [0.3, 0.4) is 0 Å². The standard InChI is InChI=1S/C22H29NO3/c1-25-20-5-2-6-21(14-20)26-13-3-4-17-7-9-18(10-8-17)19-11-12-22(23,15-19)16-24/h2,5-10,14,19,24H,3-4,11-13,15-16,23H2,1H3/t19-,22+/m1/s1. The third-order valence-corrected chi connectivity index (χ3v) is 5.33. The Hall–Kier alpha value is -2.04. The van der Waals surface area contributed by atoms with Gasteiger partial charge in [-0.2, -0.15) is 0 Å². The second-order valence-corrected chi connectivity index (χ2v) is 7.33. The largest absolute Gasteiger partial charge is 0.497 e. The molecule has 0 unspecified atom stereocenters. The van der Waals surface area contributed by atoms with E-state index in [4.69, 9.17) is 15.2 Å². The molecule has 1 saturated carbocycles. The molecule has 0 aliphatic heterocycles. The third-order valence-electron chi connectivity index (χ3n) is 5.33. The topological polar surface area (TPSA) is 64.7 Å². The number of benzene rings is 2. The quantitative estimate of drug-likeness (QED) is 0.709. The fraction of sp³-hybridized carbons (Fsp3) is 0.455. The number of rotatable bonds is 8. The predicted octanol–water partition coefficient (Wildman–Crippen LogP) is 3.66. The predicted molar refractivity (Wildman–Crippen MR) is 104 cm³/mol. The molecule has 4 heteroatoms. The zero-order valence-electron chi connectivity index (χ0n) is 15.5. The van der Waals surface area contributed by atoms with Crippen molar-refractivity contribution < 1.29 is 14.6 Å². The summed E-state index contributed by atoms with van der Waals surface area (Å²) in [6.07, 6.45) is 4.79. The van der Waals surface area contributed by atoms with Crippen LogP contribution in [-0.2, 0) is 6.42 Å². The zero-order valence-corrected chi connectivity index (χ0v) is 15.5. The summed E-state index contributed by atoms with van der Waals surface area (Å²) >= 11 is 0. The van der Waals surface area contributed by atoms with Gasteiger partial charge in [0.1, 0.15) is 11.5 Å². The van der Waals surface area contributed by atoms with Crippen molar-refractivity contribution in [3.8, 4) is 11.5 Å². The first-order chi connectivity index (χ1) is 12.6. The van der Waals surface area contributed by atoms with Crippen LogP contribution in [-0.4, -0.2) is 31.0 Å². The molecule has 0 bridgehead atoms. The van der Waals surface area contributed by atoms with Crippen molar-refractivity contribution in [1.29, 1.82) is 0 Å². The second-order valence-electron chi connectivity index (χ2n) is 7.33. The van der Waals surface area contributed by atoms with E-state index in [1.165, 1.54) is 11.1 Å². The van der Waals surface area contributed by atoms with Crippen molar-refractivity contribution in [3.63, 3.8) is 0 Å². The van der Waals surface area contributed by atoms with Gasteiger partial charge in [-0.15, -0.1) is 0 Å². The lowest BCUT2D eigenvalue weighted by atomic mass is 9.93. The van der Waals surface area contributed by atoms with E-state index in [0.717, 1.165) is 43.6 Å². The van der Waals surface area contributed by atoms with Gasteiger partial charge in [0, 0.05) is 11.6 Å². The molecule has 1 aliphatic carbocycles. The van der Waals surface area contributed by atoms with Crippen molar-refractivity contribution >= 4 is 0 Å². The molecule has 0 saturated heterocycles. The summed E-state index contributed by atoms with van der Waals surface area (Å²) < 4.78 is 11.0. The minimum absolute atomic E-state index is 0.0782. The lowest BCUT2D eigenvalue weighted by Crippen LogP contribution is -2.40. The van der Waals surface area contributed by atoms with Crippen LogP contribution in [0.2, 0.25) is 0 Å². The fourth-order valence-corrected chi connectivity index (χ4v) is 3.70. The molecule has 0 aromatic heterocycles. The summed E-state index contributed by atoms with van der Waals surface area (Å²) in [5, 5.41) is 9.42. The highest BCUT2D eigenvalue weighted by Crippen LogP contribution is 2.39. The van der Waals surface area contributed by atoms with Crippen molar-refractivity contribution in [2.75, 3.05) is 20.3 Å². The Balaban J connectivity index is 1.44. The molecule has 0 spiro atoms. The molecular weight excluding hydrogens is 326 g/mol. The Kier molecular flexibility index (Phi) is 6.17. The minimum Gasteiger partial charge on any atom is -0.497 e. The van der Waals surface area contributed by atoms with E-state index in [2.05, 4.69) is 24.3 Å². The van der Waals surface area contributed by atoms with Crippen molar-refractivity contribution in [3.05, 3.63) is 59.7 Å². The molecular formula is C22H29NO3. The van der Waals surface area contributed by atoms with E-state index in [-0.39, 0.29) is 12.1 Å². The number of hydrogen-bond donors (Lipinski definition) is 2. The zero-order chi connectivity index (χ0) is 18.4. The molecule has 0 amide bonds. The molecule has 4 nitrogen and oxygen atoms in total. The smallest absolute Gasteiger partial charge is 0.122 e. The number of aryl methyl sites for hydroxylation is 1. The van der Waals surface area contributed by atoms with Crippen molar-refractivity contribution in [2.45, 2.75) is 43.6 Å². The molecule has 3 N–H and O–H groups in total. The van der Waals surface area contributed by atoms with Crippen LogP contribution in [0.1, 0.15) is 42.7 Å². The molecule has 2 aromatic carbocycles. The van der Waals surface area contributed by atoms with Gasteiger partial charge in [-0.1, -0.05) is 30.3 Å². The maximum absolute atomic E-state index is 9.42. The van der Waals surface area contributed by atoms with Gasteiger partial charge in [0.05, 0.1) is 20.3 Å². The normalized spacial score (nSPS) is 22.3. The lowest BCUT2D eigenvalue weighted by molar-refractivity contribution is 0.198. The van der Waals surface area contributed by atoms with Crippen molar-refractivity contribution in [1.82, 2.24) is 0 Å². The molecule has 0 heterocycles. The third kappa shape index (κ3) is 4.77. The Labute approximate surface area is 155 Å². The first kappa shape index (κ1) is 18.7. The first-order valence-corrected chi connectivity index (χ1v) is 9.37. The highest BCUT2D eigenvalue weighted by atomic mass is 16.5. The summed E-state index contributed by atoms with van der Waals surface area (Å²) in [6, 6.07) is 16.5. The fourth-order valence-electron chi connectivity index (χ4n) is 3.70. The van der Waals surface area contributed by atoms with Crippen LogP contribution in [0.25, 0.3) is 0 Å². The molecule has 2 aromatic rings. The molecule has 0 radical (unpaired) electrons. The van der Waals surface area contributed by atoms with Gasteiger partial charge in [-0.05, 0) is 61.3 Å². The summed E-state index contributed by atoms with van der Waals surface area (Å²) in [6.45, 7) is 0.763. The van der Waals surface area contributed by atoms with Gasteiger partial charge >= 0.3 is 0 Å². The minimum atomic E-state index is -0.388. The van der Waals surface area contributed by atoms with E-state index < -0.39 is 0 Å². The highest BCUT2D eigenvalue weighted by Gasteiger charge is 2.35. The number of nitrogens with two attached hydrogens (primary N) is 1. The van der Waals surface area contributed by atoms with Crippen LogP contribution in [0.5, 0.6) is 11.5 Å². The van der Waals surface area contributed by atoms with E-state index in [1.807, 2.05) is 24.3 Å².